The molecule has 0 saturated carbocycles. The number of aliphatic carboxylic acids is 1. The lowest BCUT2D eigenvalue weighted by atomic mass is 10.0. The number of rotatable bonds is 15. The van der Waals surface area contributed by atoms with Crippen LogP contribution in [0.2, 0.25) is 0 Å². The third kappa shape index (κ3) is 11.5. The van der Waals surface area contributed by atoms with Gasteiger partial charge in [-0.15, -0.1) is 0 Å². The first-order valence-corrected chi connectivity index (χ1v) is 12.8. The van der Waals surface area contributed by atoms with Crippen molar-refractivity contribution in [1.29, 1.82) is 0 Å². The summed E-state index contributed by atoms with van der Waals surface area (Å²) in [6.45, 7) is 2.61. The van der Waals surface area contributed by atoms with Gasteiger partial charge in [0.15, 0.2) is 6.10 Å². The second-order valence-corrected chi connectivity index (χ2v) is 9.67. The van der Waals surface area contributed by atoms with E-state index < -0.39 is 60.9 Å². The van der Waals surface area contributed by atoms with Gasteiger partial charge in [-0.3, -0.25) is 19.2 Å². The Kier molecular flexibility index (Phi) is 12.6. The third-order valence-electron chi connectivity index (χ3n) is 5.73. The first kappa shape index (κ1) is 31.8. The largest absolute Gasteiger partial charge is 0.508 e. The van der Waals surface area contributed by atoms with E-state index in [0.717, 1.165) is 5.56 Å². The van der Waals surface area contributed by atoms with E-state index in [-0.39, 0.29) is 30.9 Å². The summed E-state index contributed by atoms with van der Waals surface area (Å²) < 4.78 is 5.31. The smallest absolute Gasteiger partial charge is 0.326 e. The molecule has 0 saturated heterocycles. The molecule has 0 aliphatic rings. The van der Waals surface area contributed by atoms with Crippen LogP contribution in [0.4, 0.5) is 0 Å². The molecular weight excluding hydrogens is 520 g/mol. The van der Waals surface area contributed by atoms with Gasteiger partial charge in [0.2, 0.25) is 11.8 Å². The van der Waals surface area contributed by atoms with E-state index in [4.69, 9.17) is 10.5 Å². The Balaban J connectivity index is 1.88. The van der Waals surface area contributed by atoms with Gasteiger partial charge in [-0.1, -0.05) is 56.3 Å². The number of carbonyl (C=O) groups is 5. The van der Waals surface area contributed by atoms with Crippen LogP contribution in [0.15, 0.2) is 54.6 Å². The number of nitrogens with two attached hydrogens (primary N) is 1. The number of amides is 3. The summed E-state index contributed by atoms with van der Waals surface area (Å²) in [6, 6.07) is 12.8. The third-order valence-corrected chi connectivity index (χ3v) is 5.73. The molecule has 0 radical (unpaired) electrons. The molecule has 0 spiro atoms. The molecule has 0 heterocycles. The highest BCUT2D eigenvalue weighted by atomic mass is 16.5. The van der Waals surface area contributed by atoms with Crippen molar-refractivity contribution >= 4 is 29.7 Å². The quantitative estimate of drug-likeness (QED) is 0.167. The van der Waals surface area contributed by atoms with Crippen molar-refractivity contribution in [2.45, 2.75) is 51.3 Å². The highest BCUT2D eigenvalue weighted by Crippen LogP contribution is 2.11. The van der Waals surface area contributed by atoms with Crippen molar-refractivity contribution in [3.05, 3.63) is 65.7 Å². The highest BCUT2D eigenvalue weighted by Gasteiger charge is 2.29. The molecule has 0 aliphatic heterocycles. The van der Waals surface area contributed by atoms with Crippen LogP contribution in [0.5, 0.6) is 5.75 Å². The fourth-order valence-corrected chi connectivity index (χ4v) is 3.68. The lowest BCUT2D eigenvalue weighted by molar-refractivity contribution is -0.156. The average Bonchev–Trinajstić information content (AvgIpc) is 2.91. The first-order valence-electron chi connectivity index (χ1n) is 12.8. The van der Waals surface area contributed by atoms with Crippen LogP contribution in [-0.2, 0) is 41.6 Å². The maximum absolute atomic E-state index is 12.9. The number of nitrogens with one attached hydrogen (secondary N) is 3. The van der Waals surface area contributed by atoms with Crippen molar-refractivity contribution in [1.82, 2.24) is 16.0 Å². The number of benzene rings is 2. The minimum atomic E-state index is -1.33. The van der Waals surface area contributed by atoms with Crippen molar-refractivity contribution in [2.24, 2.45) is 11.7 Å². The minimum Gasteiger partial charge on any atom is -0.508 e. The normalized spacial score (nSPS) is 13.0. The van der Waals surface area contributed by atoms with Crippen molar-refractivity contribution in [2.75, 3.05) is 13.1 Å². The molecule has 2 rings (SSSR count). The van der Waals surface area contributed by atoms with Crippen LogP contribution in [0.1, 0.15) is 31.4 Å². The predicted octanol–water partition coefficient (Wildman–Crippen LogP) is 0.264. The molecule has 3 atom stereocenters. The molecular formula is C28H36N4O8. The van der Waals surface area contributed by atoms with Crippen molar-refractivity contribution in [3.8, 4) is 5.75 Å². The highest BCUT2D eigenvalue weighted by molar-refractivity contribution is 5.90. The molecule has 12 heteroatoms. The molecule has 3 amide bonds. The number of carboxylic acids is 1. The van der Waals surface area contributed by atoms with Crippen LogP contribution in [-0.4, -0.2) is 71.2 Å². The van der Waals surface area contributed by atoms with Crippen molar-refractivity contribution in [3.63, 3.8) is 0 Å². The van der Waals surface area contributed by atoms with Gasteiger partial charge < -0.3 is 36.6 Å². The summed E-state index contributed by atoms with van der Waals surface area (Å²) in [7, 11) is 0. The van der Waals surface area contributed by atoms with E-state index in [0.29, 0.717) is 5.56 Å². The summed E-state index contributed by atoms with van der Waals surface area (Å²) >= 11 is 0. The van der Waals surface area contributed by atoms with E-state index in [1.54, 1.807) is 42.5 Å². The average molecular weight is 557 g/mol. The zero-order valence-electron chi connectivity index (χ0n) is 22.5. The minimum absolute atomic E-state index is 0.00461. The Morgan fingerprint density at radius 3 is 2.08 bits per heavy atom. The molecule has 7 N–H and O–H groups in total. The molecule has 2 aromatic carbocycles. The predicted molar refractivity (Wildman–Crippen MR) is 145 cm³/mol. The summed E-state index contributed by atoms with van der Waals surface area (Å²) in [5.74, 6) is -4.09. The van der Waals surface area contributed by atoms with Gasteiger partial charge in [-0.2, -0.15) is 0 Å². The number of ether oxygens (including phenoxy) is 1. The van der Waals surface area contributed by atoms with Crippen molar-refractivity contribution < 1.29 is 38.9 Å². The number of hydrogen-bond donors (Lipinski definition) is 6. The fourth-order valence-electron chi connectivity index (χ4n) is 3.68. The van der Waals surface area contributed by atoms with Gasteiger partial charge in [-0.05, 0) is 42.0 Å². The van der Waals surface area contributed by atoms with Gasteiger partial charge in [0.1, 0.15) is 18.3 Å². The number of aromatic hydroxyl groups is 1. The van der Waals surface area contributed by atoms with Gasteiger partial charge in [0.05, 0.1) is 12.6 Å². The SMILES string of the molecule is CC(C)C[C@H](NC(=O)[C@H](Cc1ccccc1)OC(=O)CNC(=O)CNC(=O)[C@@H](N)Cc1ccc(O)cc1)C(=O)O. The zero-order valence-corrected chi connectivity index (χ0v) is 22.5. The molecule has 0 bridgehead atoms. The molecule has 0 aromatic heterocycles. The summed E-state index contributed by atoms with van der Waals surface area (Å²) in [4.78, 5) is 61.3. The van der Waals surface area contributed by atoms with Crippen LogP contribution < -0.4 is 21.7 Å². The second kappa shape index (κ2) is 15.8. The van der Waals surface area contributed by atoms with E-state index in [1.807, 2.05) is 13.8 Å². The van der Waals surface area contributed by atoms with Gasteiger partial charge in [0, 0.05) is 6.42 Å². The van der Waals surface area contributed by atoms with E-state index in [2.05, 4.69) is 16.0 Å². The standard InChI is InChI=1S/C28H36N4O8/c1-17(2)12-22(28(38)39)32-27(37)23(14-18-6-4-3-5-7-18)40-25(35)16-30-24(34)15-31-26(36)21(29)13-19-8-10-20(33)11-9-19/h3-11,17,21-23,33H,12-16,29H2,1-2H3,(H,30,34)(H,31,36)(H,32,37)(H,38,39)/t21-,22-,23-/m0/s1. The van der Waals surface area contributed by atoms with Crippen LogP contribution in [0.3, 0.4) is 0 Å². The molecule has 0 fully saturated rings. The van der Waals surface area contributed by atoms with E-state index in [9.17, 15) is 34.2 Å². The maximum atomic E-state index is 12.9. The molecule has 0 aliphatic carbocycles. The van der Waals surface area contributed by atoms with Crippen LogP contribution in [0, 0.1) is 5.92 Å². The Hall–Kier alpha value is -4.45. The Morgan fingerprint density at radius 2 is 1.48 bits per heavy atom. The van der Waals surface area contributed by atoms with E-state index >= 15 is 0 Å². The van der Waals surface area contributed by atoms with Gasteiger partial charge in [0.25, 0.3) is 5.91 Å². The Bertz CT molecular complexity index is 1150. The molecule has 2 aromatic rings. The van der Waals surface area contributed by atoms with Gasteiger partial charge in [-0.25, -0.2) is 4.79 Å². The van der Waals surface area contributed by atoms with Crippen LogP contribution >= 0.6 is 0 Å². The molecule has 216 valence electrons. The number of hydrogen-bond acceptors (Lipinski definition) is 8. The van der Waals surface area contributed by atoms with E-state index in [1.165, 1.54) is 12.1 Å². The van der Waals surface area contributed by atoms with Gasteiger partial charge >= 0.3 is 11.9 Å². The number of esters is 1. The maximum Gasteiger partial charge on any atom is 0.326 e. The molecule has 12 nitrogen and oxygen atoms in total. The van der Waals surface area contributed by atoms with Crippen LogP contribution in [0.25, 0.3) is 0 Å². The first-order chi connectivity index (χ1) is 18.9. The summed E-state index contributed by atoms with van der Waals surface area (Å²) in [6.07, 6.45) is -0.966. The Morgan fingerprint density at radius 1 is 0.850 bits per heavy atom. The lowest BCUT2D eigenvalue weighted by Crippen LogP contribution is -2.49. The fraction of sp³-hybridized carbons (Fsp3) is 0.393. The number of phenols is 1. The number of carboxylic acid groups (broad SMARTS) is 1. The molecule has 0 unspecified atom stereocenters. The number of phenolic OH excluding ortho intramolecular Hbond substituents is 1. The lowest BCUT2D eigenvalue weighted by Gasteiger charge is -2.22. The Labute approximate surface area is 232 Å². The topological polar surface area (TPSA) is 197 Å². The second-order valence-electron chi connectivity index (χ2n) is 9.67. The summed E-state index contributed by atoms with van der Waals surface area (Å²) in [5.41, 5.74) is 7.27. The number of carbonyl (C=O) groups excluding carboxylic acids is 4. The molecule has 40 heavy (non-hydrogen) atoms. The summed E-state index contributed by atoms with van der Waals surface area (Å²) in [5, 5.41) is 25.9. The zero-order chi connectivity index (χ0) is 29.7. The monoisotopic (exact) mass is 556 g/mol.